The number of fused-ring (bicyclic) bond motifs is 9. The molecule has 0 radical (unpaired) electrons. The standard InChI is InChI=1S/C13H11N.C12H8O.C12H8S.3C3H8.6C2H6/c1-14-12-8-4-2-6-10(12)11-7-3-5-9-13(11)14;2*1-3-7-11-9(5-1)10-6-2-4-8-12(10)13-11;3*1-3-2;6*1-2/h2-9H,1H3;2*1-8H;3*3H2,1-2H3;6*1-2H3. The Bertz CT molecular complexity index is 2040. The number of nitrogens with zero attached hydrogens (tertiary/aromatic N) is 1. The van der Waals surface area contributed by atoms with Crippen molar-refractivity contribution < 1.29 is 4.42 Å². The van der Waals surface area contributed by atoms with Crippen molar-refractivity contribution in [3.05, 3.63) is 146 Å². The van der Waals surface area contributed by atoms with Gasteiger partial charge in [0.2, 0.25) is 0 Å². The molecule has 0 spiro atoms. The highest BCUT2D eigenvalue weighted by molar-refractivity contribution is 7.25. The van der Waals surface area contributed by atoms with Crippen molar-refractivity contribution in [2.45, 2.75) is 144 Å². The van der Waals surface area contributed by atoms with Crippen molar-refractivity contribution in [1.82, 2.24) is 4.57 Å². The van der Waals surface area contributed by atoms with Crippen LogP contribution in [0.2, 0.25) is 0 Å². The molecular weight excluding hydrogens is 759 g/mol. The molecule has 0 unspecified atom stereocenters. The first kappa shape index (κ1) is 60.4. The quantitative estimate of drug-likeness (QED) is 0.149. The zero-order valence-electron chi connectivity index (χ0n) is 42.2. The van der Waals surface area contributed by atoms with E-state index >= 15 is 0 Å². The highest BCUT2D eigenvalue weighted by atomic mass is 32.1. The number of thiophene rings is 1. The van der Waals surface area contributed by atoms with Crippen LogP contribution in [0.5, 0.6) is 0 Å². The molecule has 0 aliphatic carbocycles. The van der Waals surface area contributed by atoms with Gasteiger partial charge in [0.25, 0.3) is 0 Å². The molecule has 0 saturated carbocycles. The predicted octanol–water partition coefficient (Wildman–Crippen LogP) is 21.4. The first-order chi connectivity index (χ1) is 30.0. The topological polar surface area (TPSA) is 18.1 Å². The van der Waals surface area contributed by atoms with E-state index in [0.29, 0.717) is 0 Å². The lowest BCUT2D eigenvalue weighted by Gasteiger charge is -1.95. The first-order valence-corrected chi connectivity index (χ1v) is 24.5. The molecule has 3 aromatic heterocycles. The molecule has 0 amide bonds. The van der Waals surface area contributed by atoms with Crippen molar-refractivity contribution >= 4 is 75.3 Å². The van der Waals surface area contributed by atoms with Crippen LogP contribution in [0.4, 0.5) is 0 Å². The molecule has 3 heterocycles. The van der Waals surface area contributed by atoms with Crippen LogP contribution in [-0.2, 0) is 7.05 Å². The number of benzene rings is 6. The van der Waals surface area contributed by atoms with Gasteiger partial charge in [0.1, 0.15) is 11.2 Å². The average Bonchev–Trinajstić information content (AvgIpc) is 4.01. The summed E-state index contributed by atoms with van der Waals surface area (Å²) in [6.45, 7) is 36.8. The Balaban J connectivity index is -0.000000679. The van der Waals surface area contributed by atoms with Gasteiger partial charge in [-0.2, -0.15) is 0 Å². The minimum absolute atomic E-state index is 0.962. The molecule has 0 bridgehead atoms. The van der Waals surface area contributed by atoms with Gasteiger partial charge in [-0.05, 0) is 36.4 Å². The maximum absolute atomic E-state index is 5.65. The van der Waals surface area contributed by atoms with Crippen LogP contribution in [-0.4, -0.2) is 4.57 Å². The summed E-state index contributed by atoms with van der Waals surface area (Å²) >= 11 is 1.86. The molecule has 0 aliphatic rings. The van der Waals surface area contributed by atoms with E-state index in [1.165, 1.54) is 72.0 Å². The van der Waals surface area contributed by atoms with Gasteiger partial charge in [-0.15, -0.1) is 11.3 Å². The van der Waals surface area contributed by atoms with Crippen molar-refractivity contribution in [1.29, 1.82) is 0 Å². The maximum atomic E-state index is 5.65. The van der Waals surface area contributed by atoms with Crippen LogP contribution in [0.1, 0.15) is 144 Å². The largest absolute Gasteiger partial charge is 0.456 e. The number of para-hydroxylation sites is 4. The fourth-order valence-electron chi connectivity index (χ4n) is 5.47. The normalized spacial score (nSPS) is 8.77. The van der Waals surface area contributed by atoms with E-state index in [2.05, 4.69) is 162 Å². The van der Waals surface area contributed by atoms with E-state index in [1.54, 1.807) is 0 Å². The lowest BCUT2D eigenvalue weighted by molar-refractivity contribution is 0.669. The smallest absolute Gasteiger partial charge is 0.135 e. The minimum Gasteiger partial charge on any atom is -0.456 e. The summed E-state index contributed by atoms with van der Waals surface area (Å²) in [7, 11) is 2.12. The summed E-state index contributed by atoms with van der Waals surface area (Å²) in [6, 6.07) is 50.4. The lowest BCUT2D eigenvalue weighted by Crippen LogP contribution is -1.84. The van der Waals surface area contributed by atoms with Crippen LogP contribution in [0.15, 0.2) is 150 Å². The Morgan fingerprint density at radius 2 is 0.557 bits per heavy atom. The van der Waals surface area contributed by atoms with E-state index in [1.807, 2.05) is 131 Å². The van der Waals surface area contributed by atoms with E-state index in [4.69, 9.17) is 4.42 Å². The summed E-state index contributed by atoms with van der Waals surface area (Å²) in [4.78, 5) is 0. The average molecular weight is 846 g/mol. The molecule has 2 nitrogen and oxygen atoms in total. The fourth-order valence-corrected chi connectivity index (χ4v) is 6.57. The number of aromatic nitrogens is 1. The van der Waals surface area contributed by atoms with Crippen molar-refractivity contribution in [2.24, 2.45) is 7.05 Å². The van der Waals surface area contributed by atoms with Gasteiger partial charge < -0.3 is 8.98 Å². The van der Waals surface area contributed by atoms with Crippen molar-refractivity contribution in [3.8, 4) is 0 Å². The number of aryl methyl sites for hydroxylation is 1. The van der Waals surface area contributed by atoms with Crippen molar-refractivity contribution in [2.75, 3.05) is 0 Å². The van der Waals surface area contributed by atoms with Gasteiger partial charge >= 0.3 is 0 Å². The summed E-state index contributed by atoms with van der Waals surface area (Å²) in [5, 5.41) is 7.82. The van der Waals surface area contributed by atoms with Gasteiger partial charge in [0.15, 0.2) is 0 Å². The zero-order valence-corrected chi connectivity index (χ0v) is 43.1. The first-order valence-electron chi connectivity index (χ1n) is 23.7. The molecule has 0 atom stereocenters. The molecule has 336 valence electrons. The number of rotatable bonds is 0. The van der Waals surface area contributed by atoms with Gasteiger partial charge in [-0.3, -0.25) is 0 Å². The molecule has 0 aliphatic heterocycles. The highest BCUT2D eigenvalue weighted by Crippen LogP contribution is 2.33. The number of hydrogen-bond acceptors (Lipinski definition) is 2. The Morgan fingerprint density at radius 3 is 0.869 bits per heavy atom. The van der Waals surface area contributed by atoms with Gasteiger partial charge in [0, 0.05) is 59.8 Å². The van der Waals surface area contributed by atoms with E-state index in [-0.39, 0.29) is 0 Å². The Hall–Kier alpha value is -4.86. The van der Waals surface area contributed by atoms with Crippen LogP contribution in [0.3, 0.4) is 0 Å². The third-order valence-corrected chi connectivity index (χ3v) is 8.54. The van der Waals surface area contributed by atoms with Crippen LogP contribution < -0.4 is 0 Å². The Labute approximate surface area is 379 Å². The second-order valence-corrected chi connectivity index (χ2v) is 13.0. The molecule has 0 fully saturated rings. The summed E-state index contributed by atoms with van der Waals surface area (Å²) in [5.41, 5.74) is 4.52. The van der Waals surface area contributed by atoms with E-state index in [0.717, 1.165) is 11.2 Å². The second-order valence-electron chi connectivity index (χ2n) is 11.9. The van der Waals surface area contributed by atoms with Gasteiger partial charge in [-0.25, -0.2) is 0 Å². The molecule has 3 heteroatoms. The predicted molar refractivity (Wildman–Crippen MR) is 289 cm³/mol. The number of hydrogen-bond donors (Lipinski definition) is 0. The second kappa shape index (κ2) is 40.5. The number of furan rings is 1. The molecule has 6 aromatic carbocycles. The fraction of sp³-hybridized carbons (Fsp3) is 0.379. The maximum Gasteiger partial charge on any atom is 0.135 e. The van der Waals surface area contributed by atoms with Crippen molar-refractivity contribution in [3.63, 3.8) is 0 Å². The third-order valence-electron chi connectivity index (χ3n) is 7.39. The summed E-state index contributed by atoms with van der Waals surface area (Å²) < 4.78 is 10.6. The van der Waals surface area contributed by atoms with Crippen LogP contribution >= 0.6 is 11.3 Å². The molecule has 0 N–H and O–H groups in total. The van der Waals surface area contributed by atoms with E-state index < -0.39 is 0 Å². The van der Waals surface area contributed by atoms with Gasteiger partial charge in [0.05, 0.1) is 0 Å². The van der Waals surface area contributed by atoms with E-state index in [9.17, 15) is 0 Å². The molecular formula is C58H87NOS. The minimum atomic E-state index is 0.962. The summed E-state index contributed by atoms with van der Waals surface area (Å²) in [6.07, 6.45) is 3.75. The zero-order chi connectivity index (χ0) is 47.0. The van der Waals surface area contributed by atoms with Crippen LogP contribution in [0.25, 0.3) is 63.9 Å². The Kier molecular flexibility index (Phi) is 40.2. The van der Waals surface area contributed by atoms with Gasteiger partial charge in [-0.1, -0.05) is 253 Å². The molecule has 61 heavy (non-hydrogen) atoms. The Morgan fingerprint density at radius 1 is 0.328 bits per heavy atom. The lowest BCUT2D eigenvalue weighted by atomic mass is 10.2. The molecule has 0 saturated heterocycles. The molecule has 9 rings (SSSR count). The van der Waals surface area contributed by atoms with Crippen LogP contribution in [0, 0.1) is 0 Å². The highest BCUT2D eigenvalue weighted by Gasteiger charge is 2.05. The third kappa shape index (κ3) is 19.6. The summed E-state index contributed by atoms with van der Waals surface area (Å²) in [5.74, 6) is 0. The SMILES string of the molecule is CC.CC.CC.CC.CC.CC.CCC.CCC.CCC.Cn1c2ccccc2c2ccccc21.c1ccc2c(c1)oc1ccccc12.c1ccc2c(c1)sc1ccccc12. The molecule has 9 aromatic rings. The monoisotopic (exact) mass is 846 g/mol.